The number of aliphatic hydroxyl groups is 1. The van der Waals surface area contributed by atoms with Crippen molar-refractivity contribution >= 4 is 6.09 Å². The zero-order valence-corrected chi connectivity index (χ0v) is 15.1. The molecule has 0 radical (unpaired) electrons. The SMILES string of the molecule is O=C(NC1(CO)CCCCC1)Oc1cnc(C2CC2)c(OCC2CC2)n1. The number of amides is 1. The number of hydrogen-bond donors (Lipinski definition) is 2. The van der Waals surface area contributed by atoms with E-state index in [9.17, 15) is 9.90 Å². The lowest BCUT2D eigenvalue weighted by molar-refractivity contribution is 0.112. The lowest BCUT2D eigenvalue weighted by Crippen LogP contribution is -2.53. The normalized spacial score (nSPS) is 21.9. The summed E-state index contributed by atoms with van der Waals surface area (Å²) in [6.45, 7) is 0.571. The van der Waals surface area contributed by atoms with Gasteiger partial charge in [-0.1, -0.05) is 19.3 Å². The molecule has 0 bridgehead atoms. The first-order valence-electron chi connectivity index (χ1n) is 9.78. The van der Waals surface area contributed by atoms with Crippen LogP contribution in [0.25, 0.3) is 0 Å². The van der Waals surface area contributed by atoms with Gasteiger partial charge in [0, 0.05) is 5.92 Å². The largest absolute Gasteiger partial charge is 0.476 e. The van der Waals surface area contributed by atoms with Gasteiger partial charge < -0.3 is 19.9 Å². The van der Waals surface area contributed by atoms with E-state index >= 15 is 0 Å². The van der Waals surface area contributed by atoms with Crippen LogP contribution in [0.1, 0.15) is 69.4 Å². The van der Waals surface area contributed by atoms with Crippen molar-refractivity contribution in [2.45, 2.75) is 69.2 Å². The predicted molar refractivity (Wildman–Crippen MR) is 94.3 cm³/mol. The van der Waals surface area contributed by atoms with Crippen LogP contribution in [-0.2, 0) is 0 Å². The Labute approximate surface area is 153 Å². The molecule has 1 heterocycles. The summed E-state index contributed by atoms with van der Waals surface area (Å²) in [6, 6.07) is 0. The Morgan fingerprint density at radius 3 is 2.65 bits per heavy atom. The summed E-state index contributed by atoms with van der Waals surface area (Å²) in [5.74, 6) is 1.67. The minimum atomic E-state index is -0.595. The Bertz CT molecular complexity index is 652. The van der Waals surface area contributed by atoms with E-state index in [4.69, 9.17) is 9.47 Å². The zero-order chi connectivity index (χ0) is 18.0. The predicted octanol–water partition coefficient (Wildman–Crippen LogP) is 2.93. The maximum absolute atomic E-state index is 12.3. The van der Waals surface area contributed by atoms with Gasteiger partial charge in [0.2, 0.25) is 11.8 Å². The highest BCUT2D eigenvalue weighted by Crippen LogP contribution is 2.43. The Hall–Kier alpha value is -1.89. The van der Waals surface area contributed by atoms with E-state index in [1.807, 2.05) is 0 Å². The fourth-order valence-electron chi connectivity index (χ4n) is 3.53. The number of hydrogen-bond acceptors (Lipinski definition) is 6. The lowest BCUT2D eigenvalue weighted by atomic mass is 9.82. The van der Waals surface area contributed by atoms with Crippen molar-refractivity contribution in [3.63, 3.8) is 0 Å². The van der Waals surface area contributed by atoms with Crippen LogP contribution < -0.4 is 14.8 Å². The van der Waals surface area contributed by atoms with Crippen molar-refractivity contribution in [2.24, 2.45) is 5.92 Å². The Morgan fingerprint density at radius 1 is 1.23 bits per heavy atom. The Morgan fingerprint density at radius 2 is 2.00 bits per heavy atom. The molecule has 1 aromatic rings. The van der Waals surface area contributed by atoms with Gasteiger partial charge in [-0.3, -0.25) is 0 Å². The average molecular weight is 361 g/mol. The molecule has 0 saturated heterocycles. The number of carbonyl (C=O) groups is 1. The van der Waals surface area contributed by atoms with E-state index in [1.165, 1.54) is 19.0 Å². The highest BCUT2D eigenvalue weighted by atomic mass is 16.6. The number of carbonyl (C=O) groups excluding carboxylic acids is 1. The van der Waals surface area contributed by atoms with Gasteiger partial charge in [0.1, 0.15) is 5.69 Å². The molecule has 142 valence electrons. The number of ether oxygens (including phenoxy) is 2. The summed E-state index contributed by atoms with van der Waals surface area (Å²) in [5, 5.41) is 12.6. The molecule has 4 rings (SSSR count). The minimum Gasteiger partial charge on any atom is -0.476 e. The maximum Gasteiger partial charge on any atom is 0.414 e. The summed E-state index contributed by atoms with van der Waals surface area (Å²) in [5.41, 5.74) is 0.291. The van der Waals surface area contributed by atoms with E-state index in [0.29, 0.717) is 24.3 Å². The molecule has 3 fully saturated rings. The molecule has 0 aromatic carbocycles. The summed E-state index contributed by atoms with van der Waals surface area (Å²) < 4.78 is 11.2. The van der Waals surface area contributed by atoms with Gasteiger partial charge in [0.15, 0.2) is 0 Å². The molecule has 26 heavy (non-hydrogen) atoms. The van der Waals surface area contributed by atoms with Gasteiger partial charge in [-0.15, -0.1) is 0 Å². The second-order valence-electron chi connectivity index (χ2n) is 7.94. The third-order valence-corrected chi connectivity index (χ3v) is 5.54. The second kappa shape index (κ2) is 7.39. The van der Waals surface area contributed by atoms with Crippen LogP contribution >= 0.6 is 0 Å². The lowest BCUT2D eigenvalue weighted by Gasteiger charge is -2.35. The molecular formula is C19H27N3O4. The summed E-state index contributed by atoms with van der Waals surface area (Å²) in [4.78, 5) is 21.1. The topological polar surface area (TPSA) is 93.6 Å². The van der Waals surface area contributed by atoms with E-state index in [1.54, 1.807) is 0 Å². The molecule has 3 saturated carbocycles. The molecule has 1 amide bonds. The van der Waals surface area contributed by atoms with Crippen molar-refractivity contribution in [1.82, 2.24) is 15.3 Å². The molecule has 0 spiro atoms. The van der Waals surface area contributed by atoms with Crippen molar-refractivity contribution in [3.05, 3.63) is 11.9 Å². The van der Waals surface area contributed by atoms with Gasteiger partial charge >= 0.3 is 6.09 Å². The standard InChI is InChI=1S/C19H27N3O4/c23-12-19(8-2-1-3-9-19)22-18(24)26-15-10-20-16(14-6-7-14)17(21-15)25-11-13-4-5-13/h10,13-14,23H,1-9,11-12H2,(H,22,24). The fourth-order valence-corrected chi connectivity index (χ4v) is 3.53. The molecule has 3 aliphatic rings. The molecule has 2 N–H and O–H groups in total. The number of nitrogens with one attached hydrogen (secondary N) is 1. The molecule has 0 aliphatic heterocycles. The van der Waals surface area contributed by atoms with Crippen LogP contribution in [0.2, 0.25) is 0 Å². The highest BCUT2D eigenvalue weighted by molar-refractivity contribution is 5.70. The van der Waals surface area contributed by atoms with E-state index < -0.39 is 11.6 Å². The third kappa shape index (κ3) is 4.26. The van der Waals surface area contributed by atoms with Gasteiger partial charge in [-0.2, -0.15) is 4.98 Å². The monoisotopic (exact) mass is 361 g/mol. The molecule has 7 nitrogen and oxygen atoms in total. The van der Waals surface area contributed by atoms with Gasteiger partial charge in [-0.25, -0.2) is 9.78 Å². The van der Waals surface area contributed by atoms with Crippen molar-refractivity contribution < 1.29 is 19.4 Å². The highest BCUT2D eigenvalue weighted by Gasteiger charge is 2.34. The summed E-state index contributed by atoms with van der Waals surface area (Å²) >= 11 is 0. The molecule has 7 heteroatoms. The molecule has 3 aliphatic carbocycles. The first-order valence-corrected chi connectivity index (χ1v) is 9.78. The first kappa shape index (κ1) is 17.5. The van der Waals surface area contributed by atoms with E-state index in [0.717, 1.165) is 50.6 Å². The van der Waals surface area contributed by atoms with Gasteiger partial charge in [0.25, 0.3) is 0 Å². The number of aliphatic hydroxyl groups excluding tert-OH is 1. The van der Waals surface area contributed by atoms with Crippen LogP contribution in [-0.4, -0.2) is 39.9 Å². The van der Waals surface area contributed by atoms with E-state index in [2.05, 4.69) is 15.3 Å². The average Bonchev–Trinajstić information content (AvgIpc) is 3.55. The van der Waals surface area contributed by atoms with Crippen LogP contribution in [0.4, 0.5) is 4.79 Å². The van der Waals surface area contributed by atoms with Crippen LogP contribution in [0.15, 0.2) is 6.20 Å². The molecule has 0 unspecified atom stereocenters. The van der Waals surface area contributed by atoms with Crippen LogP contribution in [0, 0.1) is 5.92 Å². The Balaban J connectivity index is 1.41. The smallest absolute Gasteiger partial charge is 0.414 e. The Kier molecular flexibility index (Phi) is 4.98. The minimum absolute atomic E-state index is 0.0792. The van der Waals surface area contributed by atoms with Crippen LogP contribution in [0.3, 0.4) is 0 Å². The third-order valence-electron chi connectivity index (χ3n) is 5.54. The van der Waals surface area contributed by atoms with Crippen molar-refractivity contribution in [1.29, 1.82) is 0 Å². The number of nitrogens with zero attached hydrogens (tertiary/aromatic N) is 2. The van der Waals surface area contributed by atoms with Gasteiger partial charge in [0.05, 0.1) is 24.9 Å². The molecular weight excluding hydrogens is 334 g/mol. The van der Waals surface area contributed by atoms with Crippen molar-refractivity contribution in [3.8, 4) is 11.8 Å². The number of aromatic nitrogens is 2. The van der Waals surface area contributed by atoms with Crippen LogP contribution in [0.5, 0.6) is 11.8 Å². The molecule has 1 aromatic heterocycles. The quantitative estimate of drug-likeness (QED) is 0.775. The number of rotatable bonds is 7. The fraction of sp³-hybridized carbons (Fsp3) is 0.737. The maximum atomic E-state index is 12.3. The van der Waals surface area contributed by atoms with Crippen molar-refractivity contribution in [2.75, 3.05) is 13.2 Å². The summed E-state index contributed by atoms with van der Waals surface area (Å²) in [7, 11) is 0. The second-order valence-corrected chi connectivity index (χ2v) is 7.94. The first-order chi connectivity index (χ1) is 12.7. The zero-order valence-electron chi connectivity index (χ0n) is 15.1. The van der Waals surface area contributed by atoms with Gasteiger partial charge in [-0.05, 0) is 44.4 Å². The van der Waals surface area contributed by atoms with E-state index in [-0.39, 0.29) is 12.5 Å². The summed E-state index contributed by atoms with van der Waals surface area (Å²) in [6.07, 6.45) is 10.2. The molecule has 0 atom stereocenters.